The molecule has 34 heavy (non-hydrogen) atoms. The maximum atomic E-state index is 13.3. The number of nitrogens with one attached hydrogen (secondary N) is 1. The Morgan fingerprint density at radius 2 is 1.41 bits per heavy atom. The summed E-state index contributed by atoms with van der Waals surface area (Å²) in [4.78, 5) is 41.0. The number of rotatable bonds is 6. The lowest BCUT2D eigenvalue weighted by Crippen LogP contribution is -2.57. The van der Waals surface area contributed by atoms with Crippen LogP contribution >= 0.6 is 11.6 Å². The van der Waals surface area contributed by atoms with Gasteiger partial charge in [-0.1, -0.05) is 11.6 Å². The van der Waals surface area contributed by atoms with E-state index in [1.54, 1.807) is 12.1 Å². The van der Waals surface area contributed by atoms with Gasteiger partial charge in [-0.25, -0.2) is 8.42 Å². The molecule has 4 rings (SSSR count). The smallest absolute Gasteiger partial charge is 0.289 e. The zero-order chi connectivity index (χ0) is 24.3. The normalized spacial score (nSPS) is 15.1. The third-order valence-electron chi connectivity index (χ3n) is 5.29. The van der Waals surface area contributed by atoms with E-state index in [0.717, 1.165) is 0 Å². The van der Waals surface area contributed by atoms with E-state index in [1.165, 1.54) is 58.7 Å². The SMILES string of the molecule is O=C(N[C@H](C(=O)N1CCN(C(=O)c2ccco2)CC1)S(=O)(=O)c1ccc(Cl)cc1)c1ccco1. The molecule has 1 atom stereocenters. The minimum atomic E-state index is -4.34. The van der Waals surface area contributed by atoms with Crippen LogP contribution in [-0.2, 0) is 14.6 Å². The van der Waals surface area contributed by atoms with Crippen molar-refractivity contribution in [2.45, 2.75) is 10.3 Å². The van der Waals surface area contributed by atoms with Crippen molar-refractivity contribution >= 4 is 39.2 Å². The van der Waals surface area contributed by atoms with Gasteiger partial charge in [-0.15, -0.1) is 0 Å². The predicted molar refractivity (Wildman–Crippen MR) is 120 cm³/mol. The molecule has 3 amide bonds. The molecule has 0 saturated carbocycles. The summed E-state index contributed by atoms with van der Waals surface area (Å²) >= 11 is 5.86. The summed E-state index contributed by atoms with van der Waals surface area (Å²) in [6, 6.07) is 11.2. The Morgan fingerprint density at radius 1 is 0.853 bits per heavy atom. The number of amides is 3. The second kappa shape index (κ2) is 9.74. The van der Waals surface area contributed by atoms with Gasteiger partial charge in [0.15, 0.2) is 11.5 Å². The fraction of sp³-hybridized carbons (Fsp3) is 0.227. The number of halogens is 1. The number of piperazine rings is 1. The summed E-state index contributed by atoms with van der Waals surface area (Å²) in [6.07, 6.45) is 2.65. The molecule has 0 aliphatic carbocycles. The number of hydrogen-bond acceptors (Lipinski definition) is 7. The molecule has 1 aromatic carbocycles. The lowest BCUT2D eigenvalue weighted by molar-refractivity contribution is -0.132. The van der Waals surface area contributed by atoms with Gasteiger partial charge >= 0.3 is 0 Å². The maximum absolute atomic E-state index is 13.3. The highest BCUT2D eigenvalue weighted by Crippen LogP contribution is 2.21. The number of nitrogens with zero attached hydrogens (tertiary/aromatic N) is 2. The molecule has 2 aromatic heterocycles. The Hall–Kier alpha value is -3.57. The number of carbonyl (C=O) groups is 3. The van der Waals surface area contributed by atoms with Crippen molar-refractivity contribution in [2.24, 2.45) is 0 Å². The highest BCUT2D eigenvalue weighted by molar-refractivity contribution is 7.92. The number of furan rings is 2. The van der Waals surface area contributed by atoms with Gasteiger partial charge in [0.1, 0.15) is 0 Å². The first-order valence-electron chi connectivity index (χ1n) is 10.2. The molecule has 1 aliphatic heterocycles. The van der Waals surface area contributed by atoms with Crippen molar-refractivity contribution in [3.63, 3.8) is 0 Å². The van der Waals surface area contributed by atoms with Gasteiger partial charge < -0.3 is 24.0 Å². The van der Waals surface area contributed by atoms with Gasteiger partial charge in [0.2, 0.25) is 15.2 Å². The summed E-state index contributed by atoms with van der Waals surface area (Å²) in [7, 11) is -4.34. The molecular formula is C22H20ClN3O7S. The zero-order valence-electron chi connectivity index (χ0n) is 17.7. The summed E-state index contributed by atoms with van der Waals surface area (Å²) in [5, 5.41) is 0.700. The molecule has 0 radical (unpaired) electrons. The third-order valence-corrected chi connectivity index (χ3v) is 7.42. The average Bonchev–Trinajstić information content (AvgIpc) is 3.57. The minimum absolute atomic E-state index is 0.0779. The summed E-state index contributed by atoms with van der Waals surface area (Å²) in [6.45, 7) is 0.499. The number of carbonyl (C=O) groups excluding carboxylic acids is 3. The molecule has 3 aromatic rings. The fourth-order valence-electron chi connectivity index (χ4n) is 3.48. The van der Waals surface area contributed by atoms with Crippen molar-refractivity contribution in [3.8, 4) is 0 Å². The molecule has 1 fully saturated rings. The van der Waals surface area contributed by atoms with Crippen LogP contribution in [0.5, 0.6) is 0 Å². The van der Waals surface area contributed by atoms with Crippen LogP contribution in [0.25, 0.3) is 0 Å². The van der Waals surface area contributed by atoms with Crippen LogP contribution in [0, 0.1) is 0 Å². The van der Waals surface area contributed by atoms with Crippen molar-refractivity contribution < 1.29 is 31.6 Å². The quantitative estimate of drug-likeness (QED) is 0.542. The van der Waals surface area contributed by atoms with Gasteiger partial charge in [-0.3, -0.25) is 14.4 Å². The van der Waals surface area contributed by atoms with Gasteiger partial charge in [0.05, 0.1) is 17.4 Å². The van der Waals surface area contributed by atoms with E-state index in [2.05, 4.69) is 5.32 Å². The largest absolute Gasteiger partial charge is 0.459 e. The number of benzene rings is 1. The van der Waals surface area contributed by atoms with Crippen LogP contribution in [0.3, 0.4) is 0 Å². The first-order valence-corrected chi connectivity index (χ1v) is 12.1. The Labute approximate surface area is 200 Å². The monoisotopic (exact) mass is 505 g/mol. The maximum Gasteiger partial charge on any atom is 0.289 e. The molecule has 1 saturated heterocycles. The van der Waals surface area contributed by atoms with Crippen LogP contribution in [0.2, 0.25) is 5.02 Å². The number of hydrogen-bond donors (Lipinski definition) is 1. The molecule has 1 N–H and O–H groups in total. The van der Waals surface area contributed by atoms with E-state index >= 15 is 0 Å². The molecule has 0 bridgehead atoms. The van der Waals surface area contributed by atoms with Crippen molar-refractivity contribution in [1.29, 1.82) is 0 Å². The van der Waals surface area contributed by atoms with Gasteiger partial charge in [0.25, 0.3) is 17.7 Å². The zero-order valence-corrected chi connectivity index (χ0v) is 19.3. The lowest BCUT2D eigenvalue weighted by Gasteiger charge is -2.36. The number of sulfone groups is 1. The van der Waals surface area contributed by atoms with Crippen LogP contribution in [0.15, 0.2) is 74.8 Å². The fourth-order valence-corrected chi connectivity index (χ4v) is 5.07. The Morgan fingerprint density at radius 3 is 1.97 bits per heavy atom. The molecule has 3 heterocycles. The summed E-state index contributed by atoms with van der Waals surface area (Å²) in [5.41, 5.74) is 0. The second-order valence-electron chi connectivity index (χ2n) is 7.42. The predicted octanol–water partition coefficient (Wildman–Crippen LogP) is 2.04. The summed E-state index contributed by atoms with van der Waals surface area (Å²) < 4.78 is 36.9. The molecule has 0 spiro atoms. The van der Waals surface area contributed by atoms with E-state index in [4.69, 9.17) is 20.4 Å². The minimum Gasteiger partial charge on any atom is -0.459 e. The van der Waals surface area contributed by atoms with Crippen molar-refractivity contribution in [1.82, 2.24) is 15.1 Å². The Balaban J connectivity index is 1.55. The standard InChI is InChI=1S/C22H20ClN3O7S/c23-15-5-7-16(8-6-15)34(30,31)20(24-19(27)17-3-1-13-32-17)22(29)26-11-9-25(10-12-26)21(28)18-4-2-14-33-18/h1-8,13-14,20H,9-12H2,(H,24,27)/t20-/m0/s1. The molecule has 0 unspecified atom stereocenters. The first kappa shape index (κ1) is 23.6. The highest BCUT2D eigenvalue weighted by atomic mass is 35.5. The molecule has 12 heteroatoms. The van der Waals surface area contributed by atoms with E-state index < -0.39 is 27.0 Å². The molecule has 1 aliphatic rings. The Kier molecular flexibility index (Phi) is 6.75. The van der Waals surface area contributed by atoms with Crippen LogP contribution in [0.1, 0.15) is 21.1 Å². The topological polar surface area (TPSA) is 130 Å². The van der Waals surface area contributed by atoms with E-state index in [0.29, 0.717) is 5.02 Å². The molecule has 178 valence electrons. The lowest BCUT2D eigenvalue weighted by atomic mass is 10.2. The van der Waals surface area contributed by atoms with Crippen LogP contribution in [-0.4, -0.2) is 67.5 Å². The molecular weight excluding hydrogens is 486 g/mol. The Bertz CT molecular complexity index is 1260. The first-order chi connectivity index (χ1) is 16.3. The second-order valence-corrected chi connectivity index (χ2v) is 9.89. The van der Waals surface area contributed by atoms with E-state index in [9.17, 15) is 22.8 Å². The van der Waals surface area contributed by atoms with E-state index in [-0.39, 0.29) is 48.5 Å². The third kappa shape index (κ3) is 4.85. The highest BCUT2D eigenvalue weighted by Gasteiger charge is 2.40. The van der Waals surface area contributed by atoms with Gasteiger partial charge in [-0.2, -0.15) is 0 Å². The van der Waals surface area contributed by atoms with Crippen molar-refractivity contribution in [3.05, 3.63) is 77.6 Å². The van der Waals surface area contributed by atoms with Crippen LogP contribution in [0.4, 0.5) is 0 Å². The molecule has 10 nitrogen and oxygen atoms in total. The van der Waals surface area contributed by atoms with Gasteiger partial charge in [-0.05, 0) is 48.5 Å². The average molecular weight is 506 g/mol. The van der Waals surface area contributed by atoms with Crippen LogP contribution < -0.4 is 5.32 Å². The van der Waals surface area contributed by atoms with Crippen molar-refractivity contribution in [2.75, 3.05) is 26.2 Å². The van der Waals surface area contributed by atoms with Gasteiger partial charge in [0, 0.05) is 31.2 Å². The summed E-state index contributed by atoms with van der Waals surface area (Å²) in [5.74, 6) is -1.97. The van der Waals surface area contributed by atoms with E-state index in [1.807, 2.05) is 0 Å².